The third-order valence-electron chi connectivity index (χ3n) is 2.28. The number of nitrogens with zero attached hydrogens (tertiary/aromatic N) is 1. The highest BCUT2D eigenvalue weighted by Crippen LogP contribution is 2.32. The molecule has 0 spiro atoms. The summed E-state index contributed by atoms with van der Waals surface area (Å²) < 4.78 is 30.8. The van der Waals surface area contributed by atoms with Gasteiger partial charge >= 0.3 is 5.97 Å². The number of esters is 1. The van der Waals surface area contributed by atoms with Crippen molar-refractivity contribution in [3.8, 4) is 0 Å². The first-order valence-electron chi connectivity index (χ1n) is 4.11. The van der Waals surface area contributed by atoms with Crippen LogP contribution >= 0.6 is 0 Å². The molecule has 0 saturated carbocycles. The first-order chi connectivity index (χ1) is 5.97. The van der Waals surface area contributed by atoms with Crippen LogP contribution < -0.4 is 0 Å². The van der Waals surface area contributed by atoms with Gasteiger partial charge in [0, 0.05) is 0 Å². The minimum absolute atomic E-state index is 0.163. The van der Waals surface area contributed by atoms with E-state index in [1.165, 1.54) is 4.90 Å². The predicted octanol–water partition coefficient (Wildman–Crippen LogP) is 0.746. The number of rotatable bonds is 1. The molecule has 1 aliphatic rings. The second kappa shape index (κ2) is 3.57. The van der Waals surface area contributed by atoms with E-state index >= 15 is 0 Å². The highest BCUT2D eigenvalue weighted by molar-refractivity contribution is 5.73. The maximum Gasteiger partial charge on any atom is 0.314 e. The minimum atomic E-state index is -2.96. The van der Waals surface area contributed by atoms with E-state index in [4.69, 9.17) is 0 Å². The van der Waals surface area contributed by atoms with Gasteiger partial charge < -0.3 is 9.64 Å². The molecule has 0 radical (unpaired) electrons. The molecular formula is C8H13F2NO2. The number of ether oxygens (including phenoxy) is 1. The third-order valence-corrected chi connectivity index (χ3v) is 2.28. The van der Waals surface area contributed by atoms with E-state index in [0.29, 0.717) is 6.54 Å². The Hall–Kier alpha value is -0.710. The number of alkyl halides is 2. The fourth-order valence-electron chi connectivity index (χ4n) is 1.54. The van der Waals surface area contributed by atoms with Gasteiger partial charge in [-0.1, -0.05) is 0 Å². The molecule has 1 fully saturated rings. The molecular weight excluding hydrogens is 180 g/mol. The summed E-state index contributed by atoms with van der Waals surface area (Å²) in [4.78, 5) is 12.5. The van der Waals surface area contributed by atoms with Crippen LogP contribution in [0.15, 0.2) is 0 Å². The number of hydrogen-bond acceptors (Lipinski definition) is 3. The van der Waals surface area contributed by atoms with Crippen LogP contribution in [0.1, 0.15) is 6.42 Å². The van der Waals surface area contributed by atoms with E-state index in [0.717, 1.165) is 7.11 Å². The molecule has 0 bridgehead atoms. The van der Waals surface area contributed by atoms with E-state index in [2.05, 4.69) is 4.74 Å². The van der Waals surface area contributed by atoms with Crippen LogP contribution in [0.4, 0.5) is 8.78 Å². The van der Waals surface area contributed by atoms with Crippen LogP contribution in [0.5, 0.6) is 0 Å². The van der Waals surface area contributed by atoms with Gasteiger partial charge in [-0.2, -0.15) is 0 Å². The van der Waals surface area contributed by atoms with Crippen LogP contribution in [0.2, 0.25) is 0 Å². The lowest BCUT2D eigenvalue weighted by Gasteiger charge is -2.34. The number of methoxy groups -OCH3 is 1. The van der Waals surface area contributed by atoms with Gasteiger partial charge in [-0.05, 0) is 20.0 Å². The maximum atomic E-state index is 13.2. The van der Waals surface area contributed by atoms with E-state index in [1.54, 1.807) is 7.05 Å². The molecule has 1 aliphatic heterocycles. The van der Waals surface area contributed by atoms with E-state index in [9.17, 15) is 13.6 Å². The summed E-state index contributed by atoms with van der Waals surface area (Å²) >= 11 is 0. The summed E-state index contributed by atoms with van der Waals surface area (Å²) in [6.45, 7) is 0.141. The zero-order valence-corrected chi connectivity index (χ0v) is 7.72. The van der Waals surface area contributed by atoms with Gasteiger partial charge in [0.1, 0.15) is 5.92 Å². The van der Waals surface area contributed by atoms with Crippen molar-refractivity contribution < 1.29 is 18.3 Å². The molecule has 13 heavy (non-hydrogen) atoms. The highest BCUT2D eigenvalue weighted by Gasteiger charge is 2.48. The van der Waals surface area contributed by atoms with Crippen molar-refractivity contribution in [2.45, 2.75) is 12.3 Å². The Morgan fingerprint density at radius 2 is 2.23 bits per heavy atom. The van der Waals surface area contributed by atoms with Crippen molar-refractivity contribution in [2.75, 3.05) is 27.2 Å². The average Bonchev–Trinajstić information content (AvgIpc) is 2.01. The number of hydrogen-bond donors (Lipinski definition) is 0. The lowest BCUT2D eigenvalue weighted by Crippen LogP contribution is -2.50. The molecule has 0 N–H and O–H groups in total. The number of likely N-dealkylation sites (tertiary alicyclic amines) is 1. The van der Waals surface area contributed by atoms with E-state index < -0.39 is 17.8 Å². The fourth-order valence-corrected chi connectivity index (χ4v) is 1.54. The number of halogens is 2. The lowest BCUT2D eigenvalue weighted by molar-refractivity contribution is -0.169. The second-order valence-electron chi connectivity index (χ2n) is 3.36. The maximum absolute atomic E-state index is 13.2. The molecule has 1 saturated heterocycles. The van der Waals surface area contributed by atoms with Gasteiger partial charge in [0.2, 0.25) is 0 Å². The number of carbonyl (C=O) groups is 1. The molecule has 1 atom stereocenters. The zero-order chi connectivity index (χ0) is 10.1. The average molecular weight is 193 g/mol. The molecule has 1 unspecified atom stereocenters. The van der Waals surface area contributed by atoms with Crippen LogP contribution in [-0.4, -0.2) is 44.0 Å². The summed E-state index contributed by atoms with van der Waals surface area (Å²) in [5.41, 5.74) is 0. The Morgan fingerprint density at radius 1 is 1.62 bits per heavy atom. The molecule has 0 aromatic rings. The second-order valence-corrected chi connectivity index (χ2v) is 3.36. The summed E-state index contributed by atoms with van der Waals surface area (Å²) in [6, 6.07) is 0. The van der Waals surface area contributed by atoms with Crippen LogP contribution in [-0.2, 0) is 9.53 Å². The summed E-state index contributed by atoms with van der Waals surface area (Å²) in [5, 5.41) is 0. The highest BCUT2D eigenvalue weighted by atomic mass is 19.3. The molecule has 0 aromatic carbocycles. The van der Waals surface area contributed by atoms with Crippen molar-refractivity contribution >= 4 is 5.97 Å². The number of carbonyl (C=O) groups excluding carboxylic acids is 1. The molecule has 3 nitrogen and oxygen atoms in total. The minimum Gasteiger partial charge on any atom is -0.469 e. The van der Waals surface area contributed by atoms with Gasteiger partial charge in [-0.15, -0.1) is 0 Å². The smallest absolute Gasteiger partial charge is 0.314 e. The lowest BCUT2D eigenvalue weighted by atomic mass is 9.93. The summed E-state index contributed by atoms with van der Waals surface area (Å²) in [5.74, 6) is -5.04. The Kier molecular flexibility index (Phi) is 2.85. The zero-order valence-electron chi connectivity index (χ0n) is 7.72. The van der Waals surface area contributed by atoms with E-state index in [-0.39, 0.29) is 13.0 Å². The largest absolute Gasteiger partial charge is 0.469 e. The van der Waals surface area contributed by atoms with Gasteiger partial charge in [0.25, 0.3) is 5.92 Å². The molecule has 0 aliphatic carbocycles. The first kappa shape index (κ1) is 10.4. The van der Waals surface area contributed by atoms with Gasteiger partial charge in [0.05, 0.1) is 13.7 Å². The van der Waals surface area contributed by atoms with Gasteiger partial charge in [-0.25, -0.2) is 8.78 Å². The summed E-state index contributed by atoms with van der Waals surface area (Å²) in [7, 11) is 2.75. The predicted molar refractivity (Wildman–Crippen MR) is 42.6 cm³/mol. The Bertz CT molecular complexity index is 208. The van der Waals surface area contributed by atoms with Crippen LogP contribution in [0, 0.1) is 5.92 Å². The standard InChI is InChI=1S/C8H13F2NO2/c1-11-4-3-6(7(12)13-2)8(9,10)5-11/h6H,3-5H2,1-2H3. The van der Waals surface area contributed by atoms with Crippen molar-refractivity contribution in [3.05, 3.63) is 0 Å². The Morgan fingerprint density at radius 3 is 2.69 bits per heavy atom. The SMILES string of the molecule is COC(=O)C1CCN(C)CC1(F)F. The molecule has 0 amide bonds. The van der Waals surface area contributed by atoms with Gasteiger partial charge in [0.15, 0.2) is 0 Å². The van der Waals surface area contributed by atoms with Crippen LogP contribution in [0.25, 0.3) is 0 Å². The van der Waals surface area contributed by atoms with Crippen molar-refractivity contribution in [2.24, 2.45) is 5.92 Å². The van der Waals surface area contributed by atoms with Gasteiger partial charge in [-0.3, -0.25) is 4.79 Å². The molecule has 0 aromatic heterocycles. The molecule has 1 heterocycles. The quantitative estimate of drug-likeness (QED) is 0.575. The molecule has 76 valence electrons. The third kappa shape index (κ3) is 2.15. The number of piperidine rings is 1. The Balaban J connectivity index is 2.69. The monoisotopic (exact) mass is 193 g/mol. The fraction of sp³-hybridized carbons (Fsp3) is 0.875. The molecule has 5 heteroatoms. The normalized spacial score (nSPS) is 28.5. The van der Waals surface area contributed by atoms with Crippen LogP contribution in [0.3, 0.4) is 0 Å². The molecule has 1 rings (SSSR count). The summed E-state index contributed by atoms with van der Waals surface area (Å²) in [6.07, 6.45) is 0.163. The topological polar surface area (TPSA) is 29.5 Å². The van der Waals surface area contributed by atoms with Crippen molar-refractivity contribution in [3.63, 3.8) is 0 Å². The van der Waals surface area contributed by atoms with Crippen molar-refractivity contribution in [1.29, 1.82) is 0 Å². The Labute approximate surface area is 75.7 Å². The van der Waals surface area contributed by atoms with Crippen molar-refractivity contribution in [1.82, 2.24) is 4.90 Å². The first-order valence-corrected chi connectivity index (χ1v) is 4.11. The van der Waals surface area contributed by atoms with E-state index in [1.807, 2.05) is 0 Å².